The van der Waals surface area contributed by atoms with Gasteiger partial charge >= 0.3 is 138 Å². The number of fused-ring (bicyclic) bond motifs is 13. The number of carbonyl (C=O) groups excluding carboxylic acids is 1. The fourth-order valence-corrected chi connectivity index (χ4v) is 17.2. The summed E-state index contributed by atoms with van der Waals surface area (Å²) >= 11 is 6.05. The zero-order chi connectivity index (χ0) is 74.4. The molecule has 10 aromatic carbocycles. The number of aryl methyl sites for hydroxylation is 2. The first-order valence-corrected chi connectivity index (χ1v) is 36.3. The third kappa shape index (κ3) is 21.5. The average molecular weight is 1930 g/mol. The van der Waals surface area contributed by atoms with Crippen LogP contribution in [0.5, 0.6) is 11.5 Å². The van der Waals surface area contributed by atoms with Crippen LogP contribution in [0.15, 0.2) is 264 Å². The molecule has 0 amide bonds. The number of nitrogen functional groups attached to an aromatic ring is 1. The van der Waals surface area contributed by atoms with Crippen molar-refractivity contribution < 1.29 is 217 Å². The van der Waals surface area contributed by atoms with Crippen LogP contribution in [-0.4, -0.2) is 53.0 Å². The van der Waals surface area contributed by atoms with E-state index in [9.17, 15) is 17.6 Å². The van der Waals surface area contributed by atoms with Crippen LogP contribution in [0, 0.1) is 37.1 Å². The Morgan fingerprint density at radius 1 is 0.505 bits per heavy atom. The SMILES string of the molecule is CC(=O)O.CC(=O)O.CC1(C)c2cccc(P(c3ccccc3)c3ccccc3)c2Oc2c(P(c3ccccc3)c3ccccc3)cccc21.Cc1ccc2c(N)nc3ccccc3c2n1.Cc1ccc2c(n1)c1ccccc1n1c3cc(F)c(F)cc3nc21.Fc1cc(Br)c(Br)cc1F.O=CO[O-].[Cs+].[Cs+].[H-].[Pd]. The predicted octanol–water partition coefficient (Wildman–Crippen LogP) is 11.3. The monoisotopic (exact) mass is 1930 g/mol. The number of ether oxygens (including phenoxy) is 1. The second kappa shape index (κ2) is 41.3. The van der Waals surface area contributed by atoms with Gasteiger partial charge in [-0.15, -0.1) is 0 Å². The Labute approximate surface area is 767 Å². The van der Waals surface area contributed by atoms with E-state index >= 15 is 0 Å². The quantitative estimate of drug-likeness (QED) is 0.0198. The fraction of sp³-hybridized carbons (Fsp3) is 0.0854. The summed E-state index contributed by atoms with van der Waals surface area (Å²) in [4.78, 5) is 47.4. The molecule has 0 atom stereocenters. The number of anilines is 1. The number of imidazole rings is 1. The molecule has 4 N–H and O–H groups in total. The van der Waals surface area contributed by atoms with Gasteiger partial charge in [0.25, 0.3) is 18.4 Å². The summed E-state index contributed by atoms with van der Waals surface area (Å²) in [6.45, 7) is 10.6. The van der Waals surface area contributed by atoms with Crippen LogP contribution in [-0.2, 0) is 45.1 Å². The molecule has 107 heavy (non-hydrogen) atoms. The maximum Gasteiger partial charge on any atom is 1.00 e. The van der Waals surface area contributed by atoms with Gasteiger partial charge in [-0.3, -0.25) is 28.8 Å². The predicted molar refractivity (Wildman–Crippen MR) is 415 cm³/mol. The Kier molecular flexibility index (Phi) is 34.0. The molecule has 25 heteroatoms. The Balaban J connectivity index is 0.000000233. The Hall–Kier alpha value is -6.08. The van der Waals surface area contributed by atoms with E-state index in [1.54, 1.807) is 0 Å². The largest absolute Gasteiger partial charge is 1.00 e. The van der Waals surface area contributed by atoms with Crippen molar-refractivity contribution in [3.05, 3.63) is 310 Å². The minimum Gasteiger partial charge on any atom is -1.00 e. The molecule has 0 unspecified atom stereocenters. The van der Waals surface area contributed by atoms with Crippen molar-refractivity contribution in [1.82, 2.24) is 24.3 Å². The number of aromatic nitrogens is 5. The Morgan fingerprint density at radius 2 is 0.879 bits per heavy atom. The maximum absolute atomic E-state index is 13.8. The molecule has 0 fully saturated rings. The first-order valence-electron chi connectivity index (χ1n) is 32.0. The summed E-state index contributed by atoms with van der Waals surface area (Å²) in [6, 6.07) is 85.1. The number of rotatable bonds is 7. The van der Waals surface area contributed by atoms with Gasteiger partial charge < -0.3 is 32.3 Å². The molecule has 14 nitrogen and oxygen atoms in total. The molecular weight excluding hydrogens is 1870 g/mol. The maximum atomic E-state index is 13.8. The van der Waals surface area contributed by atoms with Crippen molar-refractivity contribution in [2.45, 2.75) is 47.0 Å². The molecule has 1 aliphatic rings. The number of nitrogens with zero attached hydrogens (tertiary/aromatic N) is 5. The second-order valence-corrected chi connectivity index (χ2v) is 29.8. The van der Waals surface area contributed by atoms with Crippen LogP contribution in [0.25, 0.3) is 60.3 Å². The summed E-state index contributed by atoms with van der Waals surface area (Å²) in [7, 11) is -1.65. The van der Waals surface area contributed by atoms with Gasteiger partial charge in [0, 0.05) is 115 Å². The van der Waals surface area contributed by atoms with Gasteiger partial charge in [0.1, 0.15) is 23.0 Å². The number of aliphatic carboxylic acids is 2. The zero-order valence-corrected chi connectivity index (χ0v) is 78.0. The van der Waals surface area contributed by atoms with E-state index in [-0.39, 0.29) is 172 Å². The van der Waals surface area contributed by atoms with E-state index in [0.29, 0.717) is 31.4 Å². The number of para-hydroxylation sites is 4. The van der Waals surface area contributed by atoms with Crippen molar-refractivity contribution in [1.29, 1.82) is 0 Å². The van der Waals surface area contributed by atoms with E-state index in [1.165, 1.54) is 49.0 Å². The number of carboxylic acids is 2. The van der Waals surface area contributed by atoms with Crippen LogP contribution < -0.4 is 185 Å². The van der Waals surface area contributed by atoms with Crippen LogP contribution in [0.3, 0.4) is 0 Å². The number of halogens is 6. The molecule has 1 aliphatic heterocycles. The Morgan fingerprint density at radius 3 is 1.32 bits per heavy atom. The molecule has 0 radical (unpaired) electrons. The summed E-state index contributed by atoms with van der Waals surface area (Å²) in [5, 5.41) is 34.9. The number of hydrogen-bond acceptors (Lipinski definition) is 11. The van der Waals surface area contributed by atoms with E-state index in [2.05, 4.69) is 228 Å². The van der Waals surface area contributed by atoms with Crippen molar-refractivity contribution >= 4 is 164 Å². The van der Waals surface area contributed by atoms with E-state index < -0.39 is 51.1 Å². The second-order valence-electron chi connectivity index (χ2n) is 23.7. The molecule has 0 bridgehead atoms. The third-order valence-corrected chi connectivity index (χ3v) is 22.9. The molecule has 6 heterocycles. The smallest absolute Gasteiger partial charge is 1.00 e. The normalized spacial score (nSPS) is 11.2. The first kappa shape index (κ1) is 88.1. The van der Waals surface area contributed by atoms with Gasteiger partial charge in [-0.05, 0) is 131 Å². The molecule has 0 saturated heterocycles. The van der Waals surface area contributed by atoms with Crippen molar-refractivity contribution in [3.63, 3.8) is 0 Å². The van der Waals surface area contributed by atoms with E-state index in [1.807, 2.05) is 91.0 Å². The van der Waals surface area contributed by atoms with Crippen LogP contribution in [0.1, 0.15) is 51.6 Å². The Bertz CT molecular complexity index is 5350. The minimum atomic E-state index is -0.895. The van der Waals surface area contributed by atoms with Crippen LogP contribution >= 0.6 is 47.7 Å². The summed E-state index contributed by atoms with van der Waals surface area (Å²) in [5.41, 5.74) is 15.2. The zero-order valence-electron chi connectivity index (χ0n) is 60.0. The number of pyridine rings is 4. The van der Waals surface area contributed by atoms with Gasteiger partial charge in [0.15, 0.2) is 23.3 Å². The number of hydrogen-bond donors (Lipinski definition) is 3. The van der Waals surface area contributed by atoms with Gasteiger partial charge in [0.2, 0.25) is 0 Å². The first-order chi connectivity index (χ1) is 50.0. The summed E-state index contributed by atoms with van der Waals surface area (Å²) in [6.07, 6.45) is 0. The van der Waals surface area contributed by atoms with Crippen molar-refractivity contribution in [3.8, 4) is 11.5 Å². The fourth-order valence-electron chi connectivity index (χ4n) is 11.7. The molecule has 0 aliphatic carbocycles. The third-order valence-electron chi connectivity index (χ3n) is 16.2. The number of carbonyl (C=O) groups is 3. The van der Waals surface area contributed by atoms with Gasteiger partial charge in [-0.1, -0.05) is 208 Å². The molecule has 0 saturated carbocycles. The number of nitrogens with two attached hydrogens (primary N) is 1. The molecule has 0 spiro atoms. The van der Waals surface area contributed by atoms with Gasteiger partial charge in [0.05, 0.1) is 33.1 Å². The molecule has 536 valence electrons. The summed E-state index contributed by atoms with van der Waals surface area (Å²) < 4.78 is 62.2. The van der Waals surface area contributed by atoms with E-state index in [0.717, 1.165) is 98.5 Å². The number of carboxylic acid groups (broad SMARTS) is 2. The van der Waals surface area contributed by atoms with Crippen molar-refractivity contribution in [2.75, 3.05) is 5.73 Å². The van der Waals surface area contributed by atoms with Crippen LogP contribution in [0.2, 0.25) is 0 Å². The van der Waals surface area contributed by atoms with Crippen molar-refractivity contribution in [2.24, 2.45) is 0 Å². The van der Waals surface area contributed by atoms with Gasteiger partial charge in [-0.2, -0.15) is 0 Å². The van der Waals surface area contributed by atoms with Gasteiger partial charge in [-0.25, -0.2) is 27.5 Å². The molecule has 15 aromatic rings. The van der Waals surface area contributed by atoms with Crippen LogP contribution in [0.4, 0.5) is 23.4 Å². The molecular formula is C82H66Br2Cs2F4N6O8P2Pd. The molecule has 16 rings (SSSR count). The molecule has 5 aromatic heterocycles. The topological polar surface area (TPSA) is 215 Å². The standard InChI is InChI=1S/C39H32OP2.C19H11F2N3.C13H11N3.C6H2Br2F2.2C2H4O2.CH2O3.2Cs.Pd.H/c1-39(2)33-25-15-27-35(41(29-17-7-3-8-18-29)30-19-9-4-10-20-30)37(33)40-38-34(39)26-16-28-36(38)42(31-21-11-5-12-22-31)32-23-13-6-14-24-32;1-10-6-7-12-18(22-10)11-4-2-3-5-16(11)24-17-9-14(21)13(20)8-15(17)23-19(12)24;1-8-6-7-10-12(15-8)9-4-2-3-5-11(9)16-13(10)14;7-3-1-5(9)6(10)2-4(3)8;2*1-2(3)4;2-1-4-3;;;;/h3-28H,1-2H3;2-9H,1H3;2-7H,1H3,(H2,14,16);1-2H;2*1H3,(H,3,4);1,3H;;;;/q;;;;;;;2*+1;;-1/p-1. The average Bonchev–Trinajstić information content (AvgIpc) is 1.18. The minimum absolute atomic E-state index is 0. The summed E-state index contributed by atoms with van der Waals surface area (Å²) in [5.74, 6) is -2.58. The number of benzene rings is 10. The van der Waals surface area contributed by atoms with E-state index in [4.69, 9.17) is 40.3 Å².